The van der Waals surface area contributed by atoms with E-state index in [0.717, 1.165) is 6.42 Å². The molecule has 1 unspecified atom stereocenters. The zero-order chi connectivity index (χ0) is 33.1. The molecule has 2 heterocycles. The van der Waals surface area contributed by atoms with Gasteiger partial charge in [0.1, 0.15) is 6.04 Å². The van der Waals surface area contributed by atoms with E-state index in [-0.39, 0.29) is 48.0 Å². The highest BCUT2D eigenvalue weighted by atomic mass is 16.5. The number of aromatic amines is 1. The van der Waals surface area contributed by atoms with Gasteiger partial charge in [0, 0.05) is 37.4 Å². The van der Waals surface area contributed by atoms with Crippen LogP contribution in [0.4, 0.5) is 11.6 Å². The second kappa shape index (κ2) is 19.6. The number of aromatic nitrogens is 4. The lowest BCUT2D eigenvalue weighted by Gasteiger charge is -2.15. The average molecular weight is 644 g/mol. The van der Waals surface area contributed by atoms with Gasteiger partial charge in [-0.15, -0.1) is 0 Å². The molecule has 0 aliphatic rings. The van der Waals surface area contributed by atoms with Crippen molar-refractivity contribution >= 4 is 40.6 Å². The van der Waals surface area contributed by atoms with Crippen molar-refractivity contribution in [3.8, 4) is 0 Å². The van der Waals surface area contributed by atoms with Gasteiger partial charge in [0.05, 0.1) is 44.9 Å². The zero-order valence-electron chi connectivity index (χ0n) is 25.5. The van der Waals surface area contributed by atoms with Crippen molar-refractivity contribution in [1.29, 1.82) is 0 Å². The zero-order valence-corrected chi connectivity index (χ0v) is 25.5. The Balaban J connectivity index is 1.31. The first-order valence-corrected chi connectivity index (χ1v) is 14.9. The Morgan fingerprint density at radius 1 is 0.957 bits per heavy atom. The molecule has 1 aromatic carbocycles. The molecule has 17 nitrogen and oxygen atoms in total. The highest BCUT2D eigenvalue weighted by molar-refractivity contribution is 5.97. The summed E-state index contributed by atoms with van der Waals surface area (Å²) in [7, 11) is 0. The van der Waals surface area contributed by atoms with Gasteiger partial charge in [0.25, 0.3) is 11.5 Å². The van der Waals surface area contributed by atoms with Crippen molar-refractivity contribution in [2.45, 2.75) is 38.3 Å². The normalized spacial score (nSPS) is 11.7. The molecule has 0 bridgehead atoms. The molecule has 0 saturated heterocycles. The van der Waals surface area contributed by atoms with Gasteiger partial charge in [-0.05, 0) is 50.1 Å². The van der Waals surface area contributed by atoms with E-state index in [0.29, 0.717) is 70.5 Å². The van der Waals surface area contributed by atoms with Crippen LogP contribution in [0, 0.1) is 0 Å². The summed E-state index contributed by atoms with van der Waals surface area (Å²) in [6.07, 6.45) is 2.72. The minimum absolute atomic E-state index is 0.0506. The van der Waals surface area contributed by atoms with Gasteiger partial charge in [-0.3, -0.25) is 19.4 Å². The maximum absolute atomic E-state index is 12.7. The van der Waals surface area contributed by atoms with Crippen LogP contribution in [-0.4, -0.2) is 102 Å². The summed E-state index contributed by atoms with van der Waals surface area (Å²) in [6, 6.07) is 5.09. The van der Waals surface area contributed by atoms with Crippen molar-refractivity contribution in [3.05, 3.63) is 52.1 Å². The number of ether oxygens (including phenoxy) is 3. The summed E-state index contributed by atoms with van der Waals surface area (Å²) in [5, 5.41) is 17.9. The number of anilines is 2. The van der Waals surface area contributed by atoms with Crippen LogP contribution in [0.5, 0.6) is 0 Å². The number of carbonyl (C=O) groups excluding carboxylic acids is 2. The van der Waals surface area contributed by atoms with Crippen LogP contribution in [-0.2, 0) is 30.3 Å². The Morgan fingerprint density at radius 3 is 2.30 bits per heavy atom. The number of fused-ring (bicyclic) bond motifs is 1. The number of H-pyrrole nitrogens is 1. The van der Waals surface area contributed by atoms with Crippen LogP contribution in [0.25, 0.3) is 11.2 Å². The third-order valence-corrected chi connectivity index (χ3v) is 6.39. The van der Waals surface area contributed by atoms with Gasteiger partial charge < -0.3 is 46.7 Å². The predicted octanol–water partition coefficient (Wildman–Crippen LogP) is -0.224. The van der Waals surface area contributed by atoms with E-state index < -0.39 is 23.5 Å². The topological polar surface area (TPSA) is 259 Å². The Kier molecular flexibility index (Phi) is 15.3. The van der Waals surface area contributed by atoms with Gasteiger partial charge in [-0.2, -0.15) is 4.98 Å². The average Bonchev–Trinajstić information content (AvgIpc) is 3.04. The van der Waals surface area contributed by atoms with Gasteiger partial charge in [0.15, 0.2) is 11.2 Å². The van der Waals surface area contributed by atoms with Gasteiger partial charge in [-0.25, -0.2) is 14.8 Å². The second-order valence-corrected chi connectivity index (χ2v) is 10.0. The minimum Gasteiger partial charge on any atom is -0.480 e. The fourth-order valence-corrected chi connectivity index (χ4v) is 3.98. The number of aliphatic carboxylic acids is 1. The Labute approximate surface area is 264 Å². The number of rotatable bonds is 22. The second-order valence-electron chi connectivity index (χ2n) is 10.0. The minimum atomic E-state index is -1.25. The Hall–Kier alpha value is -4.71. The number of carboxylic acid groups (broad SMARTS) is 1. The van der Waals surface area contributed by atoms with E-state index in [1.807, 2.05) is 0 Å². The van der Waals surface area contributed by atoms with E-state index in [4.69, 9.17) is 25.7 Å². The molecule has 250 valence electrons. The van der Waals surface area contributed by atoms with Crippen molar-refractivity contribution in [2.24, 2.45) is 5.73 Å². The molecular weight excluding hydrogens is 602 g/mol. The quantitative estimate of drug-likeness (QED) is 0.0698. The molecule has 9 N–H and O–H groups in total. The number of carboxylic acids is 1. The van der Waals surface area contributed by atoms with E-state index in [2.05, 4.69) is 35.9 Å². The summed E-state index contributed by atoms with van der Waals surface area (Å²) in [5.41, 5.74) is 12.0. The molecule has 2 aromatic heterocycles. The van der Waals surface area contributed by atoms with Crippen LogP contribution in [0.15, 0.2) is 35.3 Å². The number of hydrogen-bond donors (Lipinski definition) is 7. The molecule has 1 atom stereocenters. The number of benzene rings is 1. The van der Waals surface area contributed by atoms with Crippen molar-refractivity contribution in [2.75, 3.05) is 63.8 Å². The first-order valence-electron chi connectivity index (χ1n) is 14.9. The molecule has 17 heteroatoms. The van der Waals surface area contributed by atoms with Crippen LogP contribution >= 0.6 is 0 Å². The predicted molar refractivity (Wildman–Crippen MR) is 168 cm³/mol. The lowest BCUT2D eigenvalue weighted by Crippen LogP contribution is -2.41. The molecule has 3 rings (SSSR count). The van der Waals surface area contributed by atoms with Crippen LogP contribution in [0.2, 0.25) is 0 Å². The fourth-order valence-electron chi connectivity index (χ4n) is 3.98. The number of hydrogen-bond acceptors (Lipinski definition) is 13. The number of nitrogens with two attached hydrogens (primary N) is 2. The Morgan fingerprint density at radius 2 is 1.63 bits per heavy atom. The van der Waals surface area contributed by atoms with Gasteiger partial charge in [0.2, 0.25) is 11.9 Å². The molecule has 0 spiro atoms. The molecule has 0 radical (unpaired) electrons. The van der Waals surface area contributed by atoms with Crippen LogP contribution < -0.4 is 33.0 Å². The molecule has 0 aliphatic heterocycles. The number of nitrogens with one attached hydrogen (secondary N) is 4. The largest absolute Gasteiger partial charge is 0.480 e. The smallest absolute Gasteiger partial charge is 0.326 e. The van der Waals surface area contributed by atoms with Crippen molar-refractivity contribution < 1.29 is 33.7 Å². The highest BCUT2D eigenvalue weighted by Gasteiger charge is 2.21. The van der Waals surface area contributed by atoms with Crippen LogP contribution in [0.3, 0.4) is 0 Å². The van der Waals surface area contributed by atoms with E-state index in [1.54, 1.807) is 12.1 Å². The summed E-state index contributed by atoms with van der Waals surface area (Å²) >= 11 is 0. The monoisotopic (exact) mass is 643 g/mol. The Bertz CT molecular complexity index is 1470. The highest BCUT2D eigenvalue weighted by Crippen LogP contribution is 2.12. The first-order chi connectivity index (χ1) is 22.3. The standard InChI is InChI=1S/C29H41N9O8/c30-9-1-11-44-13-15-46-16-14-45-12-2-10-32-23(39)8-7-22(28(42)43)36-26(40)19-3-5-20(6-4-19)33-17-21-18-34-25-24(35-21)27(41)38-29(31)37-25/h3-6,18,22,33H,1-2,7-17,30H2,(H,32,39)(H,36,40)(H,42,43)(H3,31,34,37,38,41). The SMILES string of the molecule is NCCCOCCOCCOCCCNC(=O)CCC(NC(=O)c1ccc(NCc2cnc3nc(N)[nH]c(=O)c3n2)cc1)C(=O)O. The van der Waals surface area contributed by atoms with Gasteiger partial charge >= 0.3 is 5.97 Å². The number of nitrogen functional groups attached to an aromatic ring is 1. The summed E-state index contributed by atoms with van der Waals surface area (Å²) < 4.78 is 16.2. The maximum Gasteiger partial charge on any atom is 0.326 e. The lowest BCUT2D eigenvalue weighted by atomic mass is 10.1. The maximum atomic E-state index is 12.7. The molecule has 0 aliphatic carbocycles. The molecular formula is C29H41N9O8. The number of nitrogens with zero attached hydrogens (tertiary/aromatic N) is 3. The van der Waals surface area contributed by atoms with E-state index in [1.165, 1.54) is 18.3 Å². The summed E-state index contributed by atoms with van der Waals surface area (Å²) in [5.74, 6) is -2.21. The number of carbonyl (C=O) groups is 3. The molecule has 0 saturated carbocycles. The third-order valence-electron chi connectivity index (χ3n) is 6.39. The first kappa shape index (κ1) is 35.8. The van der Waals surface area contributed by atoms with Crippen molar-refractivity contribution in [3.63, 3.8) is 0 Å². The molecule has 46 heavy (non-hydrogen) atoms. The van der Waals surface area contributed by atoms with Crippen molar-refractivity contribution in [1.82, 2.24) is 30.6 Å². The van der Waals surface area contributed by atoms with E-state index in [9.17, 15) is 24.3 Å². The van der Waals surface area contributed by atoms with Gasteiger partial charge in [-0.1, -0.05) is 0 Å². The molecule has 2 amide bonds. The third kappa shape index (κ3) is 12.7. The molecule has 0 fully saturated rings. The summed E-state index contributed by atoms with van der Waals surface area (Å²) in [6.45, 7) is 4.12. The van der Waals surface area contributed by atoms with E-state index >= 15 is 0 Å². The lowest BCUT2D eigenvalue weighted by molar-refractivity contribution is -0.139. The fraction of sp³-hybridized carbons (Fsp3) is 0.483. The van der Waals surface area contributed by atoms with Crippen LogP contribution in [0.1, 0.15) is 41.7 Å². The molecule has 3 aromatic rings. The number of amides is 2. The summed E-state index contributed by atoms with van der Waals surface area (Å²) in [4.78, 5) is 63.3.